The molecule has 0 aliphatic carbocycles. The molecule has 1 unspecified atom stereocenters. The monoisotopic (exact) mass is 288 g/mol. The minimum atomic E-state index is -0.0193. The Labute approximate surface area is 124 Å². The number of para-hydroxylation sites is 1. The van der Waals surface area contributed by atoms with Crippen molar-refractivity contribution in [3.8, 4) is 0 Å². The molecule has 1 fully saturated rings. The van der Waals surface area contributed by atoms with Crippen LogP contribution in [0.25, 0.3) is 10.9 Å². The van der Waals surface area contributed by atoms with Crippen LogP contribution < -0.4 is 0 Å². The summed E-state index contributed by atoms with van der Waals surface area (Å²) in [4.78, 5) is 14.1. The molecule has 1 aromatic heterocycles. The van der Waals surface area contributed by atoms with E-state index in [4.69, 9.17) is 9.47 Å². The number of carbonyl (C=O) groups excluding carboxylic acids is 1. The molecule has 0 saturated carbocycles. The van der Waals surface area contributed by atoms with E-state index in [1.807, 2.05) is 48.1 Å². The fraction of sp³-hybridized carbons (Fsp3) is 0.438. The van der Waals surface area contributed by atoms with Gasteiger partial charge < -0.3 is 18.9 Å². The first kappa shape index (κ1) is 14.1. The van der Waals surface area contributed by atoms with Crippen molar-refractivity contribution in [1.82, 2.24) is 9.47 Å². The molecule has 0 N–H and O–H groups in total. The summed E-state index contributed by atoms with van der Waals surface area (Å²) < 4.78 is 12.9. The first-order valence-electron chi connectivity index (χ1n) is 7.21. The Morgan fingerprint density at radius 3 is 3.00 bits per heavy atom. The second kappa shape index (κ2) is 6.28. The molecule has 1 saturated heterocycles. The number of amides is 1. The van der Waals surface area contributed by atoms with E-state index in [-0.39, 0.29) is 12.0 Å². The highest BCUT2D eigenvalue weighted by Gasteiger charge is 2.19. The Bertz CT molecular complexity index is 617. The summed E-state index contributed by atoms with van der Waals surface area (Å²) in [6.07, 6.45) is 1.94. The van der Waals surface area contributed by atoms with Gasteiger partial charge in [0.1, 0.15) is 6.54 Å². The topological polar surface area (TPSA) is 43.7 Å². The van der Waals surface area contributed by atoms with Crippen molar-refractivity contribution in [2.45, 2.75) is 12.6 Å². The fourth-order valence-corrected chi connectivity index (χ4v) is 2.59. The maximum Gasteiger partial charge on any atom is 0.242 e. The summed E-state index contributed by atoms with van der Waals surface area (Å²) >= 11 is 0. The lowest BCUT2D eigenvalue weighted by atomic mass is 10.2. The normalized spacial score (nSPS) is 18.8. The number of hydrogen-bond donors (Lipinski definition) is 0. The van der Waals surface area contributed by atoms with Gasteiger partial charge >= 0.3 is 0 Å². The Hall–Kier alpha value is -1.85. The number of hydrogen-bond acceptors (Lipinski definition) is 3. The summed E-state index contributed by atoms with van der Waals surface area (Å²) in [6, 6.07) is 10.1. The van der Waals surface area contributed by atoms with Crippen LogP contribution in [0.5, 0.6) is 0 Å². The lowest BCUT2D eigenvalue weighted by molar-refractivity contribution is -0.136. The van der Waals surface area contributed by atoms with Crippen LogP contribution in [0.2, 0.25) is 0 Å². The van der Waals surface area contributed by atoms with E-state index in [1.165, 1.54) is 0 Å². The van der Waals surface area contributed by atoms with Gasteiger partial charge in [-0.25, -0.2) is 0 Å². The summed E-state index contributed by atoms with van der Waals surface area (Å²) in [5.74, 6) is 0.0746. The van der Waals surface area contributed by atoms with Gasteiger partial charge in [0.25, 0.3) is 0 Å². The maximum absolute atomic E-state index is 12.3. The quantitative estimate of drug-likeness (QED) is 0.856. The molecule has 1 atom stereocenters. The molecule has 21 heavy (non-hydrogen) atoms. The standard InChI is InChI=1S/C16H20N2O3/c1-17(10-14-12-20-8-9-21-14)16(19)11-18-7-6-13-4-2-3-5-15(13)18/h2-7,14H,8-12H2,1H3. The SMILES string of the molecule is CN(CC1COCCO1)C(=O)Cn1ccc2ccccc21. The number of ether oxygens (including phenoxy) is 2. The Morgan fingerprint density at radius 2 is 2.19 bits per heavy atom. The van der Waals surface area contributed by atoms with Gasteiger partial charge in [-0.15, -0.1) is 0 Å². The lowest BCUT2D eigenvalue weighted by Gasteiger charge is -2.27. The summed E-state index contributed by atoms with van der Waals surface area (Å²) in [6.45, 7) is 2.72. The Balaban J connectivity index is 1.62. The van der Waals surface area contributed by atoms with Crippen LogP contribution in [0.3, 0.4) is 0 Å². The molecular formula is C16H20N2O3. The van der Waals surface area contributed by atoms with Crippen molar-refractivity contribution >= 4 is 16.8 Å². The van der Waals surface area contributed by atoms with E-state index in [2.05, 4.69) is 0 Å². The van der Waals surface area contributed by atoms with Gasteiger partial charge in [-0.1, -0.05) is 18.2 Å². The lowest BCUT2D eigenvalue weighted by Crippen LogP contribution is -2.41. The molecule has 1 aromatic carbocycles. The molecular weight excluding hydrogens is 268 g/mol. The van der Waals surface area contributed by atoms with Crippen LogP contribution >= 0.6 is 0 Å². The van der Waals surface area contributed by atoms with Crippen LogP contribution in [0, 0.1) is 0 Å². The summed E-state index contributed by atoms with van der Waals surface area (Å²) in [5.41, 5.74) is 1.08. The predicted molar refractivity (Wildman–Crippen MR) is 80.1 cm³/mol. The third-order valence-corrected chi connectivity index (χ3v) is 3.77. The fourth-order valence-electron chi connectivity index (χ4n) is 2.59. The highest BCUT2D eigenvalue weighted by molar-refractivity contribution is 5.83. The summed E-state index contributed by atoms with van der Waals surface area (Å²) in [7, 11) is 1.81. The zero-order valence-electron chi connectivity index (χ0n) is 12.2. The van der Waals surface area contributed by atoms with Crippen molar-refractivity contribution in [3.05, 3.63) is 36.5 Å². The van der Waals surface area contributed by atoms with Gasteiger partial charge in [-0.3, -0.25) is 4.79 Å². The maximum atomic E-state index is 12.3. The van der Waals surface area contributed by atoms with Crippen LogP contribution in [-0.2, 0) is 20.8 Å². The van der Waals surface area contributed by atoms with Crippen LogP contribution in [-0.4, -0.2) is 54.9 Å². The average molecular weight is 288 g/mol. The molecule has 0 radical (unpaired) electrons. The number of rotatable bonds is 4. The van der Waals surface area contributed by atoms with Crippen LogP contribution in [0.1, 0.15) is 0 Å². The molecule has 1 aliphatic heterocycles. The van der Waals surface area contributed by atoms with Gasteiger partial charge in [-0.05, 0) is 17.5 Å². The second-order valence-electron chi connectivity index (χ2n) is 5.34. The Kier molecular flexibility index (Phi) is 4.22. The average Bonchev–Trinajstić information content (AvgIpc) is 2.91. The second-order valence-corrected chi connectivity index (χ2v) is 5.34. The number of benzene rings is 1. The first-order valence-corrected chi connectivity index (χ1v) is 7.21. The van der Waals surface area contributed by atoms with Gasteiger partial charge in [0.05, 0.1) is 25.9 Å². The van der Waals surface area contributed by atoms with E-state index < -0.39 is 0 Å². The molecule has 1 amide bonds. The highest BCUT2D eigenvalue weighted by atomic mass is 16.6. The van der Waals surface area contributed by atoms with Crippen molar-refractivity contribution in [2.24, 2.45) is 0 Å². The van der Waals surface area contributed by atoms with Crippen molar-refractivity contribution < 1.29 is 14.3 Å². The van der Waals surface area contributed by atoms with Crippen molar-refractivity contribution in [1.29, 1.82) is 0 Å². The van der Waals surface area contributed by atoms with E-state index in [9.17, 15) is 4.79 Å². The van der Waals surface area contributed by atoms with E-state index in [0.717, 1.165) is 10.9 Å². The van der Waals surface area contributed by atoms with E-state index in [0.29, 0.717) is 32.9 Å². The zero-order chi connectivity index (χ0) is 14.7. The number of likely N-dealkylation sites (N-methyl/N-ethyl adjacent to an activating group) is 1. The van der Waals surface area contributed by atoms with Crippen LogP contribution in [0.4, 0.5) is 0 Å². The molecule has 3 rings (SSSR count). The molecule has 2 heterocycles. The Morgan fingerprint density at radius 1 is 1.33 bits per heavy atom. The van der Waals surface area contributed by atoms with Gasteiger partial charge in [-0.2, -0.15) is 0 Å². The molecule has 5 heteroatoms. The minimum absolute atomic E-state index is 0.0193. The molecule has 112 valence electrons. The van der Waals surface area contributed by atoms with E-state index in [1.54, 1.807) is 4.90 Å². The first-order chi connectivity index (χ1) is 10.2. The molecule has 5 nitrogen and oxygen atoms in total. The predicted octanol–water partition coefficient (Wildman–Crippen LogP) is 1.52. The third-order valence-electron chi connectivity index (χ3n) is 3.77. The highest BCUT2D eigenvalue weighted by Crippen LogP contribution is 2.15. The molecule has 1 aliphatic rings. The summed E-state index contributed by atoms with van der Waals surface area (Å²) in [5, 5.41) is 1.15. The third kappa shape index (κ3) is 3.25. The minimum Gasteiger partial charge on any atom is -0.376 e. The van der Waals surface area contributed by atoms with Gasteiger partial charge in [0.15, 0.2) is 0 Å². The number of carbonyl (C=O) groups is 1. The van der Waals surface area contributed by atoms with Gasteiger partial charge in [0, 0.05) is 25.3 Å². The zero-order valence-corrected chi connectivity index (χ0v) is 12.2. The van der Waals surface area contributed by atoms with Crippen LogP contribution in [0.15, 0.2) is 36.5 Å². The van der Waals surface area contributed by atoms with E-state index >= 15 is 0 Å². The number of aromatic nitrogens is 1. The number of fused-ring (bicyclic) bond motifs is 1. The largest absolute Gasteiger partial charge is 0.376 e. The van der Waals surface area contributed by atoms with Crippen molar-refractivity contribution in [2.75, 3.05) is 33.4 Å². The molecule has 0 bridgehead atoms. The smallest absolute Gasteiger partial charge is 0.242 e. The molecule has 0 spiro atoms. The molecule has 2 aromatic rings. The number of nitrogens with zero attached hydrogens (tertiary/aromatic N) is 2. The van der Waals surface area contributed by atoms with Gasteiger partial charge in [0.2, 0.25) is 5.91 Å². The van der Waals surface area contributed by atoms with Crippen molar-refractivity contribution in [3.63, 3.8) is 0 Å².